The SMILES string of the molecule is CO[C@@H](C)c1nc2c(cc1-c1c3c4cc(ccc4n1CC(F)(F)F)-c1csc(n1)C[C@H](NC(=O)[C@H]1C[C@@H]1C)C(=O)N1CCC[C@H](N1)C(=O)OCC(C)(C)C3)C1(CCO2)CCN(C)CC1. The molecule has 3 fully saturated rings. The van der Waals surface area contributed by atoms with Gasteiger partial charge in [0.25, 0.3) is 5.91 Å². The number of nitrogens with zero attached hydrogens (tertiary/aromatic N) is 5. The van der Waals surface area contributed by atoms with Crippen molar-refractivity contribution in [3.63, 3.8) is 0 Å². The van der Waals surface area contributed by atoms with Crippen molar-refractivity contribution in [1.29, 1.82) is 0 Å². The minimum atomic E-state index is -4.59. The summed E-state index contributed by atoms with van der Waals surface area (Å²) in [5.74, 6) is -0.535. The monoisotopic (exact) mass is 905 g/mol. The highest BCUT2D eigenvalue weighted by Gasteiger charge is 2.44. The summed E-state index contributed by atoms with van der Waals surface area (Å²) < 4.78 is 64.7. The molecule has 3 aromatic heterocycles. The summed E-state index contributed by atoms with van der Waals surface area (Å²) in [5.41, 5.74) is 6.68. The Bertz CT molecular complexity index is 2460. The lowest BCUT2D eigenvalue weighted by Gasteiger charge is -2.44. The van der Waals surface area contributed by atoms with Crippen molar-refractivity contribution >= 4 is 40.0 Å². The zero-order chi connectivity index (χ0) is 45.3. The van der Waals surface area contributed by atoms with Crippen molar-refractivity contribution in [3.8, 4) is 28.4 Å². The summed E-state index contributed by atoms with van der Waals surface area (Å²) in [6.07, 6.45) is -0.619. The third kappa shape index (κ3) is 8.76. The van der Waals surface area contributed by atoms with Crippen LogP contribution in [0.25, 0.3) is 33.4 Å². The molecule has 9 rings (SSSR count). The van der Waals surface area contributed by atoms with Crippen molar-refractivity contribution in [1.82, 2.24) is 35.2 Å². The van der Waals surface area contributed by atoms with E-state index in [9.17, 15) is 14.4 Å². The fraction of sp³-hybridized carbons (Fsp3) is 0.596. The van der Waals surface area contributed by atoms with Gasteiger partial charge >= 0.3 is 12.1 Å². The highest BCUT2D eigenvalue weighted by molar-refractivity contribution is 7.10. The number of amides is 2. The Morgan fingerprint density at radius 3 is 2.59 bits per heavy atom. The second-order valence-electron chi connectivity index (χ2n) is 19.6. The average Bonchev–Trinajstić information content (AvgIpc) is 3.71. The van der Waals surface area contributed by atoms with Crippen LogP contribution in [0, 0.1) is 17.3 Å². The molecule has 2 amide bonds. The van der Waals surface area contributed by atoms with Gasteiger partial charge in [-0.05, 0) is 102 Å². The first-order chi connectivity index (χ1) is 30.4. The number of aromatic nitrogens is 3. The number of pyridine rings is 1. The fourth-order valence-corrected chi connectivity index (χ4v) is 11.0. The molecule has 1 aromatic carbocycles. The molecule has 5 atom stereocenters. The zero-order valence-electron chi connectivity index (χ0n) is 37.4. The normalized spacial score (nSPS) is 25.3. The van der Waals surface area contributed by atoms with Gasteiger partial charge in [0.2, 0.25) is 11.8 Å². The quantitative estimate of drug-likeness (QED) is 0.192. The van der Waals surface area contributed by atoms with Gasteiger partial charge in [0.05, 0.1) is 41.4 Å². The third-order valence-electron chi connectivity index (χ3n) is 14.1. The van der Waals surface area contributed by atoms with E-state index in [-0.39, 0.29) is 48.5 Å². The number of hydrogen-bond donors (Lipinski definition) is 2. The summed E-state index contributed by atoms with van der Waals surface area (Å²) in [6.45, 7) is 9.00. The van der Waals surface area contributed by atoms with Crippen LogP contribution in [0.3, 0.4) is 0 Å². The molecule has 7 heterocycles. The number of hydrazine groups is 1. The van der Waals surface area contributed by atoms with Crippen molar-refractivity contribution in [2.24, 2.45) is 17.3 Å². The molecule has 1 saturated carbocycles. The van der Waals surface area contributed by atoms with Gasteiger partial charge in [-0.2, -0.15) is 13.2 Å². The number of hydrogen-bond acceptors (Lipinski definition) is 11. The van der Waals surface area contributed by atoms with Crippen molar-refractivity contribution in [3.05, 3.63) is 51.5 Å². The number of fused-ring (bicyclic) bond motifs is 8. The lowest BCUT2D eigenvalue weighted by atomic mass is 9.69. The molecule has 64 heavy (non-hydrogen) atoms. The Kier molecular flexibility index (Phi) is 11.9. The van der Waals surface area contributed by atoms with Gasteiger partial charge in [0, 0.05) is 69.8 Å². The van der Waals surface area contributed by atoms with E-state index in [2.05, 4.69) is 22.7 Å². The van der Waals surface area contributed by atoms with Crippen molar-refractivity contribution in [2.45, 2.75) is 115 Å². The molecular formula is C47H58F3N7O6S. The summed E-state index contributed by atoms with van der Waals surface area (Å²) in [6, 6.07) is 5.68. The van der Waals surface area contributed by atoms with Crippen LogP contribution >= 0.6 is 11.3 Å². The highest BCUT2D eigenvalue weighted by Crippen LogP contribution is 2.50. The lowest BCUT2D eigenvalue weighted by molar-refractivity contribution is -0.155. The molecule has 1 aliphatic carbocycles. The smallest absolute Gasteiger partial charge is 0.406 e. The van der Waals surface area contributed by atoms with E-state index >= 15 is 13.2 Å². The van der Waals surface area contributed by atoms with E-state index in [0.717, 1.165) is 44.3 Å². The molecule has 5 aliphatic rings. The number of carbonyl (C=O) groups is 3. The summed E-state index contributed by atoms with van der Waals surface area (Å²) in [7, 11) is 3.66. The molecule has 344 valence electrons. The van der Waals surface area contributed by atoms with Crippen LogP contribution in [0.2, 0.25) is 0 Å². The van der Waals surface area contributed by atoms with Gasteiger partial charge < -0.3 is 29.0 Å². The maximum atomic E-state index is 15.0. The van der Waals surface area contributed by atoms with E-state index < -0.39 is 42.3 Å². The molecule has 1 spiro atoms. The number of piperidine rings is 1. The van der Waals surface area contributed by atoms with Gasteiger partial charge in [-0.1, -0.05) is 26.8 Å². The average molecular weight is 906 g/mol. The van der Waals surface area contributed by atoms with E-state index in [1.54, 1.807) is 19.2 Å². The van der Waals surface area contributed by atoms with Crippen LogP contribution in [0.15, 0.2) is 29.6 Å². The molecule has 4 aromatic rings. The topological polar surface area (TPSA) is 140 Å². The molecule has 0 unspecified atom stereocenters. The van der Waals surface area contributed by atoms with Crippen LogP contribution in [0.1, 0.15) is 94.2 Å². The molecule has 0 radical (unpaired) electrons. The minimum absolute atomic E-state index is 0.0506. The molecule has 17 heteroatoms. The number of nitrogens with one attached hydrogen (secondary N) is 2. The number of rotatable bonds is 6. The van der Waals surface area contributed by atoms with Gasteiger partial charge in [-0.25, -0.2) is 15.4 Å². The molecule has 4 aliphatic heterocycles. The van der Waals surface area contributed by atoms with Crippen LogP contribution in [0.5, 0.6) is 5.88 Å². The van der Waals surface area contributed by atoms with E-state index in [0.29, 0.717) is 81.6 Å². The highest BCUT2D eigenvalue weighted by atomic mass is 32.1. The first-order valence-electron chi connectivity index (χ1n) is 22.5. The largest absolute Gasteiger partial charge is 0.477 e. The first kappa shape index (κ1) is 44.6. The van der Waals surface area contributed by atoms with Crippen LogP contribution in [0.4, 0.5) is 13.2 Å². The molecule has 2 saturated heterocycles. The predicted octanol–water partition coefficient (Wildman–Crippen LogP) is 7.15. The maximum absolute atomic E-state index is 15.0. The fourth-order valence-electron chi connectivity index (χ4n) is 10.1. The number of halogens is 3. The molecule has 13 nitrogen and oxygen atoms in total. The van der Waals surface area contributed by atoms with E-state index in [4.69, 9.17) is 24.2 Å². The minimum Gasteiger partial charge on any atom is -0.477 e. The number of cyclic esters (lactones) is 1. The van der Waals surface area contributed by atoms with Gasteiger partial charge in [0.1, 0.15) is 18.6 Å². The Morgan fingerprint density at radius 2 is 1.88 bits per heavy atom. The molecule has 6 bridgehead atoms. The Hall–Kier alpha value is -4.58. The summed E-state index contributed by atoms with van der Waals surface area (Å²) in [4.78, 5) is 53.7. The second-order valence-corrected chi connectivity index (χ2v) is 20.5. The number of esters is 1. The predicted molar refractivity (Wildman–Crippen MR) is 235 cm³/mol. The van der Waals surface area contributed by atoms with Gasteiger partial charge in [-0.3, -0.25) is 19.4 Å². The standard InChI is InChI=1S/C47H58F3N7O6S/c1-26-18-29(26)41(58)52-35-21-38-51-36(23-64-38)28-9-10-37-30(19-28)32(22-45(3,4)25-63-44(60)34-8-7-14-57(54-34)43(35)59)40(56(37)24-47(48,49)50)31-20-33-42(53-39(31)27(2)61-6)62-17-13-46(33)11-15-55(5)16-12-46/h9-10,19-20,23,26-27,29,34-35,54H,7-8,11-18,21-22,24-25H2,1-6H3,(H,52,58)/t26-,27-,29-,34-,35-/m0/s1. The number of benzene rings is 1. The maximum Gasteiger partial charge on any atom is 0.406 e. The number of carbonyl (C=O) groups excluding carboxylic acids is 3. The number of alkyl halides is 3. The summed E-state index contributed by atoms with van der Waals surface area (Å²) in [5, 5.41) is 7.49. The van der Waals surface area contributed by atoms with E-state index in [1.807, 2.05) is 45.2 Å². The summed E-state index contributed by atoms with van der Waals surface area (Å²) >= 11 is 1.35. The van der Waals surface area contributed by atoms with Crippen LogP contribution in [-0.4, -0.2) is 107 Å². The van der Waals surface area contributed by atoms with Gasteiger partial charge in [0.15, 0.2) is 0 Å². The first-order valence-corrected chi connectivity index (χ1v) is 23.4. The number of likely N-dealkylation sites (tertiary alicyclic amines) is 1. The van der Waals surface area contributed by atoms with Crippen molar-refractivity contribution in [2.75, 3.05) is 47.0 Å². The number of ether oxygens (including phenoxy) is 3. The number of thiazole rings is 1. The molecule has 2 N–H and O–H groups in total. The van der Waals surface area contributed by atoms with E-state index in [1.165, 1.54) is 20.9 Å². The zero-order valence-corrected chi connectivity index (χ0v) is 38.2. The number of methoxy groups -OCH3 is 1. The lowest BCUT2D eigenvalue weighted by Crippen LogP contribution is -2.60. The van der Waals surface area contributed by atoms with Crippen LogP contribution in [-0.2, 0) is 48.7 Å². The Morgan fingerprint density at radius 1 is 1.11 bits per heavy atom. The Labute approximate surface area is 375 Å². The van der Waals surface area contributed by atoms with Gasteiger partial charge in [-0.15, -0.1) is 11.3 Å². The van der Waals surface area contributed by atoms with Crippen molar-refractivity contribution < 1.29 is 41.8 Å². The molecular weight excluding hydrogens is 848 g/mol. The Balaban J connectivity index is 1.23. The third-order valence-corrected chi connectivity index (χ3v) is 15.0. The second kappa shape index (κ2) is 17.0. The van der Waals surface area contributed by atoms with Crippen LogP contribution < -0.4 is 15.5 Å².